The summed E-state index contributed by atoms with van der Waals surface area (Å²) in [4.78, 5) is 16.9. The molecule has 0 aromatic carbocycles. The standard InChI is InChI=1S/C11H12N2O5S/c14-3-6-7(15)8(16)11(18-6)13-4-12-9-5(10(13)17)1-2-19-9/h1-2,4,6-8,11,14-16H,3H2/t6-,7-,8-,11-/m1/s1. The van der Waals surface area contributed by atoms with Gasteiger partial charge in [0.2, 0.25) is 0 Å². The second-order valence-corrected chi connectivity index (χ2v) is 5.22. The van der Waals surface area contributed by atoms with Gasteiger partial charge in [-0.1, -0.05) is 0 Å². The Balaban J connectivity index is 2.05. The molecule has 2 aromatic heterocycles. The SMILES string of the molecule is O=c1c2ccsc2ncn1[C@@H]1O[C@H](CO)[C@@H](O)[C@H]1O. The van der Waals surface area contributed by atoms with E-state index in [1.165, 1.54) is 17.7 Å². The number of nitrogens with zero attached hydrogens (tertiary/aromatic N) is 2. The Morgan fingerprint density at radius 3 is 2.89 bits per heavy atom. The van der Waals surface area contributed by atoms with Crippen LogP contribution in [0.15, 0.2) is 22.6 Å². The summed E-state index contributed by atoms with van der Waals surface area (Å²) >= 11 is 1.34. The summed E-state index contributed by atoms with van der Waals surface area (Å²) in [6.45, 7) is -0.433. The van der Waals surface area contributed by atoms with Gasteiger partial charge >= 0.3 is 0 Å². The predicted octanol–water partition coefficient (Wildman–Crippen LogP) is -0.931. The fourth-order valence-electron chi connectivity index (χ4n) is 2.16. The molecule has 0 aliphatic carbocycles. The molecular weight excluding hydrogens is 272 g/mol. The van der Waals surface area contributed by atoms with Gasteiger partial charge in [-0.05, 0) is 11.4 Å². The maximum absolute atomic E-state index is 12.2. The average molecular weight is 284 g/mol. The molecule has 3 heterocycles. The fourth-order valence-corrected chi connectivity index (χ4v) is 2.88. The number of thiophene rings is 1. The molecular formula is C11H12N2O5S. The topological polar surface area (TPSA) is 105 Å². The highest BCUT2D eigenvalue weighted by Gasteiger charge is 2.43. The van der Waals surface area contributed by atoms with Crippen molar-refractivity contribution >= 4 is 21.6 Å². The maximum atomic E-state index is 12.2. The van der Waals surface area contributed by atoms with E-state index in [-0.39, 0.29) is 5.56 Å². The van der Waals surface area contributed by atoms with Gasteiger partial charge in [-0.2, -0.15) is 0 Å². The van der Waals surface area contributed by atoms with E-state index >= 15 is 0 Å². The van der Waals surface area contributed by atoms with Crippen LogP contribution in [0.1, 0.15) is 6.23 Å². The zero-order chi connectivity index (χ0) is 13.6. The minimum absolute atomic E-state index is 0.346. The highest BCUT2D eigenvalue weighted by Crippen LogP contribution is 2.28. The Labute approximate surface area is 111 Å². The summed E-state index contributed by atoms with van der Waals surface area (Å²) in [5.41, 5.74) is -0.346. The molecule has 1 fully saturated rings. The average Bonchev–Trinajstić information content (AvgIpc) is 2.98. The highest BCUT2D eigenvalue weighted by atomic mass is 32.1. The van der Waals surface area contributed by atoms with Crippen molar-refractivity contribution in [2.24, 2.45) is 0 Å². The van der Waals surface area contributed by atoms with Gasteiger partial charge in [-0.3, -0.25) is 9.36 Å². The van der Waals surface area contributed by atoms with Crippen LogP contribution in [0.5, 0.6) is 0 Å². The van der Waals surface area contributed by atoms with Crippen LogP contribution in [0, 0.1) is 0 Å². The van der Waals surface area contributed by atoms with Crippen molar-refractivity contribution in [1.82, 2.24) is 9.55 Å². The molecule has 1 saturated heterocycles. The molecule has 0 amide bonds. The molecule has 4 atom stereocenters. The first kappa shape index (κ1) is 12.7. The van der Waals surface area contributed by atoms with Crippen LogP contribution in [0.4, 0.5) is 0 Å². The summed E-state index contributed by atoms with van der Waals surface area (Å²) in [6, 6.07) is 1.65. The minimum atomic E-state index is -1.28. The molecule has 0 bridgehead atoms. The summed E-state index contributed by atoms with van der Waals surface area (Å²) in [6.07, 6.45) is -3.20. The number of hydrogen-bond acceptors (Lipinski definition) is 7. The van der Waals surface area contributed by atoms with Crippen LogP contribution in [-0.4, -0.2) is 49.8 Å². The monoisotopic (exact) mass is 284 g/mol. The highest BCUT2D eigenvalue weighted by molar-refractivity contribution is 7.16. The summed E-state index contributed by atoms with van der Waals surface area (Å²) < 4.78 is 6.44. The molecule has 19 heavy (non-hydrogen) atoms. The van der Waals surface area contributed by atoms with Crippen molar-refractivity contribution in [3.8, 4) is 0 Å². The first-order valence-electron chi connectivity index (χ1n) is 5.70. The Bertz CT molecular complexity index is 654. The molecule has 1 aliphatic heterocycles. The van der Waals surface area contributed by atoms with Crippen molar-refractivity contribution in [3.63, 3.8) is 0 Å². The van der Waals surface area contributed by atoms with Crippen LogP contribution in [0.2, 0.25) is 0 Å². The van der Waals surface area contributed by atoms with Crippen LogP contribution in [0.25, 0.3) is 10.2 Å². The molecule has 0 radical (unpaired) electrons. The van der Waals surface area contributed by atoms with Gasteiger partial charge in [-0.15, -0.1) is 11.3 Å². The third-order valence-corrected chi connectivity index (χ3v) is 4.02. The maximum Gasteiger partial charge on any atom is 0.264 e. The number of aliphatic hydroxyl groups is 3. The largest absolute Gasteiger partial charge is 0.394 e. The summed E-state index contributed by atoms with van der Waals surface area (Å²) in [7, 11) is 0. The van der Waals surface area contributed by atoms with Crippen LogP contribution < -0.4 is 5.56 Å². The van der Waals surface area contributed by atoms with Crippen LogP contribution in [-0.2, 0) is 4.74 Å². The summed E-state index contributed by atoms with van der Waals surface area (Å²) in [5, 5.41) is 30.8. The van der Waals surface area contributed by atoms with Gasteiger partial charge < -0.3 is 20.1 Å². The Kier molecular flexibility index (Phi) is 3.11. The quantitative estimate of drug-likeness (QED) is 0.658. The first-order valence-corrected chi connectivity index (χ1v) is 6.58. The Morgan fingerprint density at radius 2 is 2.21 bits per heavy atom. The van der Waals surface area contributed by atoms with Gasteiger partial charge in [0, 0.05) is 0 Å². The molecule has 0 unspecified atom stereocenters. The van der Waals surface area contributed by atoms with E-state index < -0.39 is 31.1 Å². The second kappa shape index (κ2) is 4.66. The van der Waals surface area contributed by atoms with E-state index in [0.29, 0.717) is 10.2 Å². The van der Waals surface area contributed by atoms with Crippen molar-refractivity contribution in [2.75, 3.05) is 6.61 Å². The number of hydrogen-bond donors (Lipinski definition) is 3. The molecule has 3 N–H and O–H groups in total. The van der Waals surface area contributed by atoms with E-state index in [9.17, 15) is 15.0 Å². The van der Waals surface area contributed by atoms with Gasteiger partial charge in [0.15, 0.2) is 6.23 Å². The van der Waals surface area contributed by atoms with Crippen molar-refractivity contribution < 1.29 is 20.1 Å². The fraction of sp³-hybridized carbons (Fsp3) is 0.455. The molecule has 2 aromatic rings. The van der Waals surface area contributed by atoms with Crippen molar-refractivity contribution in [2.45, 2.75) is 24.5 Å². The van der Waals surface area contributed by atoms with Gasteiger partial charge in [0.1, 0.15) is 29.5 Å². The molecule has 102 valence electrons. The Morgan fingerprint density at radius 1 is 1.42 bits per heavy atom. The lowest BCUT2D eigenvalue weighted by Crippen LogP contribution is -2.35. The minimum Gasteiger partial charge on any atom is -0.394 e. The zero-order valence-corrected chi connectivity index (χ0v) is 10.5. The van der Waals surface area contributed by atoms with Crippen LogP contribution >= 0.6 is 11.3 Å². The van der Waals surface area contributed by atoms with Crippen LogP contribution in [0.3, 0.4) is 0 Å². The first-order chi connectivity index (χ1) is 9.13. The molecule has 7 nitrogen and oxygen atoms in total. The number of fused-ring (bicyclic) bond motifs is 1. The molecule has 0 spiro atoms. The van der Waals surface area contributed by atoms with Crippen molar-refractivity contribution in [1.29, 1.82) is 0 Å². The Hall–Kier alpha value is -1.32. The normalized spacial score (nSPS) is 31.1. The lowest BCUT2D eigenvalue weighted by Gasteiger charge is -2.16. The van der Waals surface area contributed by atoms with Crippen molar-refractivity contribution in [3.05, 3.63) is 28.1 Å². The molecule has 3 rings (SSSR count). The van der Waals surface area contributed by atoms with E-state index in [4.69, 9.17) is 9.84 Å². The van der Waals surface area contributed by atoms with Gasteiger partial charge in [-0.25, -0.2) is 4.98 Å². The molecule has 1 aliphatic rings. The third-order valence-electron chi connectivity index (χ3n) is 3.20. The third kappa shape index (κ3) is 1.88. The van der Waals surface area contributed by atoms with E-state index in [1.807, 2.05) is 0 Å². The molecule has 0 saturated carbocycles. The van der Waals surface area contributed by atoms with E-state index in [2.05, 4.69) is 4.98 Å². The number of aliphatic hydroxyl groups excluding tert-OH is 3. The van der Waals surface area contributed by atoms with E-state index in [1.54, 1.807) is 11.4 Å². The zero-order valence-electron chi connectivity index (χ0n) is 9.71. The summed E-state index contributed by atoms with van der Waals surface area (Å²) in [5.74, 6) is 0. The van der Waals surface area contributed by atoms with Gasteiger partial charge in [0.25, 0.3) is 5.56 Å². The predicted molar refractivity (Wildman–Crippen MR) is 66.9 cm³/mol. The smallest absolute Gasteiger partial charge is 0.264 e. The number of aromatic nitrogens is 2. The lowest BCUT2D eigenvalue weighted by atomic mass is 10.1. The van der Waals surface area contributed by atoms with Gasteiger partial charge in [0.05, 0.1) is 12.0 Å². The lowest BCUT2D eigenvalue weighted by molar-refractivity contribution is -0.0545. The molecule has 8 heteroatoms. The van der Waals surface area contributed by atoms with E-state index in [0.717, 1.165) is 4.57 Å². The second-order valence-electron chi connectivity index (χ2n) is 4.33. The number of ether oxygens (including phenoxy) is 1. The number of rotatable bonds is 2.